The highest BCUT2D eigenvalue weighted by molar-refractivity contribution is 5.58. The van der Waals surface area contributed by atoms with Crippen LogP contribution in [0.15, 0.2) is 18.2 Å². The molecule has 1 aliphatic rings. The van der Waals surface area contributed by atoms with Gasteiger partial charge in [0.25, 0.3) is 5.69 Å². The first-order valence-electron chi connectivity index (χ1n) is 6.06. The van der Waals surface area contributed by atoms with Crippen LogP contribution in [0, 0.1) is 15.5 Å². The van der Waals surface area contributed by atoms with Crippen LogP contribution in [0.1, 0.15) is 25.8 Å². The lowest BCUT2D eigenvalue weighted by molar-refractivity contribution is -0.384. The van der Waals surface area contributed by atoms with Gasteiger partial charge in [-0.15, -0.1) is 0 Å². The summed E-state index contributed by atoms with van der Waals surface area (Å²) in [6, 6.07) is 4.70. The van der Waals surface area contributed by atoms with Gasteiger partial charge in [-0.3, -0.25) is 10.1 Å². The average molecular weight is 250 g/mol. The minimum atomic E-state index is -0.434. The fourth-order valence-electron chi connectivity index (χ4n) is 2.44. The Labute approximate surface area is 106 Å². The van der Waals surface area contributed by atoms with Crippen molar-refractivity contribution in [1.82, 2.24) is 0 Å². The standard InChI is InChI=1S/C13H18N2O3/c1-13(2)5-6-14(9-13)12-4-3-11(15(17)18)7-10(12)8-16/h3-4,7,16H,5-6,8-9H2,1-2H3. The van der Waals surface area contributed by atoms with Crippen LogP contribution in [-0.2, 0) is 6.61 Å². The number of aliphatic hydroxyl groups is 1. The number of hydrogen-bond donors (Lipinski definition) is 1. The van der Waals surface area contributed by atoms with E-state index < -0.39 is 4.92 Å². The van der Waals surface area contributed by atoms with E-state index in [9.17, 15) is 15.2 Å². The second-order valence-electron chi connectivity index (χ2n) is 5.56. The van der Waals surface area contributed by atoms with Gasteiger partial charge in [-0.25, -0.2) is 0 Å². The quantitative estimate of drug-likeness (QED) is 0.660. The molecule has 0 bridgehead atoms. The van der Waals surface area contributed by atoms with E-state index in [1.807, 2.05) is 0 Å². The van der Waals surface area contributed by atoms with Crippen molar-refractivity contribution in [2.45, 2.75) is 26.9 Å². The first kappa shape index (κ1) is 12.8. The van der Waals surface area contributed by atoms with Gasteiger partial charge < -0.3 is 10.0 Å². The molecule has 1 aromatic carbocycles. The van der Waals surface area contributed by atoms with E-state index in [1.54, 1.807) is 6.07 Å². The molecule has 0 unspecified atom stereocenters. The molecule has 2 rings (SSSR count). The Morgan fingerprint density at radius 3 is 2.72 bits per heavy atom. The minimum absolute atomic E-state index is 0.0289. The van der Waals surface area contributed by atoms with Crippen molar-refractivity contribution in [3.05, 3.63) is 33.9 Å². The fourth-order valence-corrected chi connectivity index (χ4v) is 2.44. The molecule has 1 N–H and O–H groups in total. The van der Waals surface area contributed by atoms with Crippen LogP contribution in [0.25, 0.3) is 0 Å². The van der Waals surface area contributed by atoms with Crippen molar-refractivity contribution in [2.75, 3.05) is 18.0 Å². The number of nitro benzene ring substituents is 1. The van der Waals surface area contributed by atoms with Gasteiger partial charge in [0.1, 0.15) is 0 Å². The molecule has 0 aliphatic carbocycles. The molecule has 1 fully saturated rings. The molecule has 1 aromatic rings. The zero-order chi connectivity index (χ0) is 13.3. The molecular weight excluding hydrogens is 232 g/mol. The number of hydrogen-bond acceptors (Lipinski definition) is 4. The normalized spacial score (nSPS) is 18.1. The maximum atomic E-state index is 10.7. The van der Waals surface area contributed by atoms with Crippen molar-refractivity contribution in [3.8, 4) is 0 Å². The predicted molar refractivity (Wildman–Crippen MR) is 69.6 cm³/mol. The van der Waals surface area contributed by atoms with Gasteiger partial charge >= 0.3 is 0 Å². The molecule has 5 heteroatoms. The van der Waals surface area contributed by atoms with Crippen molar-refractivity contribution in [2.24, 2.45) is 5.41 Å². The lowest BCUT2D eigenvalue weighted by atomic mass is 9.93. The number of rotatable bonds is 3. The summed E-state index contributed by atoms with van der Waals surface area (Å²) in [5.41, 5.74) is 1.82. The molecule has 0 atom stereocenters. The third-order valence-electron chi connectivity index (χ3n) is 3.46. The molecule has 98 valence electrons. The Morgan fingerprint density at radius 2 is 2.22 bits per heavy atom. The van der Waals surface area contributed by atoms with Crippen molar-refractivity contribution >= 4 is 11.4 Å². The van der Waals surface area contributed by atoms with Crippen LogP contribution < -0.4 is 4.90 Å². The summed E-state index contributed by atoms with van der Waals surface area (Å²) < 4.78 is 0. The molecule has 1 saturated heterocycles. The van der Waals surface area contributed by atoms with Gasteiger partial charge in [-0.05, 0) is 17.9 Å². The summed E-state index contributed by atoms with van der Waals surface area (Å²) in [6.45, 7) is 6.08. The van der Waals surface area contributed by atoms with Crippen LogP contribution in [0.2, 0.25) is 0 Å². The van der Waals surface area contributed by atoms with E-state index in [2.05, 4.69) is 18.7 Å². The third-order valence-corrected chi connectivity index (χ3v) is 3.46. The second-order valence-corrected chi connectivity index (χ2v) is 5.56. The zero-order valence-corrected chi connectivity index (χ0v) is 10.7. The first-order valence-corrected chi connectivity index (χ1v) is 6.06. The lowest BCUT2D eigenvalue weighted by Gasteiger charge is -2.23. The number of benzene rings is 1. The van der Waals surface area contributed by atoms with Gasteiger partial charge in [0.2, 0.25) is 0 Å². The van der Waals surface area contributed by atoms with Crippen molar-refractivity contribution < 1.29 is 10.0 Å². The minimum Gasteiger partial charge on any atom is -0.392 e. The van der Waals surface area contributed by atoms with Gasteiger partial charge in [0.15, 0.2) is 0 Å². The smallest absolute Gasteiger partial charge is 0.269 e. The summed E-state index contributed by atoms with van der Waals surface area (Å²) in [6.07, 6.45) is 1.09. The van der Waals surface area contributed by atoms with Crippen molar-refractivity contribution in [1.29, 1.82) is 0 Å². The Morgan fingerprint density at radius 1 is 1.50 bits per heavy atom. The fraction of sp³-hybridized carbons (Fsp3) is 0.538. The van der Waals surface area contributed by atoms with Crippen LogP contribution in [-0.4, -0.2) is 23.1 Å². The van der Waals surface area contributed by atoms with E-state index in [0.29, 0.717) is 5.56 Å². The van der Waals surface area contributed by atoms with Crippen LogP contribution >= 0.6 is 0 Å². The molecule has 1 heterocycles. The number of nitrogens with zero attached hydrogens (tertiary/aromatic N) is 2. The van der Waals surface area contributed by atoms with Crippen LogP contribution in [0.3, 0.4) is 0 Å². The van der Waals surface area contributed by atoms with Crippen LogP contribution in [0.4, 0.5) is 11.4 Å². The van der Waals surface area contributed by atoms with E-state index >= 15 is 0 Å². The Hall–Kier alpha value is -1.62. The van der Waals surface area contributed by atoms with Gasteiger partial charge in [-0.2, -0.15) is 0 Å². The number of aliphatic hydroxyl groups excluding tert-OH is 1. The summed E-state index contributed by atoms with van der Waals surface area (Å²) in [4.78, 5) is 12.5. The number of non-ortho nitro benzene ring substituents is 1. The highest BCUT2D eigenvalue weighted by Crippen LogP contribution is 2.35. The predicted octanol–water partition coefficient (Wildman–Crippen LogP) is 2.32. The zero-order valence-electron chi connectivity index (χ0n) is 10.7. The number of anilines is 1. The molecule has 0 amide bonds. The maximum absolute atomic E-state index is 10.7. The number of nitro groups is 1. The van der Waals surface area contributed by atoms with E-state index in [-0.39, 0.29) is 17.7 Å². The molecule has 0 aromatic heterocycles. The topological polar surface area (TPSA) is 66.6 Å². The van der Waals surface area contributed by atoms with Gasteiger partial charge in [0, 0.05) is 36.5 Å². The Balaban J connectivity index is 2.31. The van der Waals surface area contributed by atoms with E-state index in [1.165, 1.54) is 12.1 Å². The molecule has 0 spiro atoms. The van der Waals surface area contributed by atoms with Gasteiger partial charge in [-0.1, -0.05) is 13.8 Å². The monoisotopic (exact) mass is 250 g/mol. The highest BCUT2D eigenvalue weighted by Gasteiger charge is 2.30. The summed E-state index contributed by atoms with van der Waals surface area (Å²) in [5, 5.41) is 20.1. The molecule has 0 radical (unpaired) electrons. The highest BCUT2D eigenvalue weighted by atomic mass is 16.6. The summed E-state index contributed by atoms with van der Waals surface area (Å²) >= 11 is 0. The maximum Gasteiger partial charge on any atom is 0.269 e. The van der Waals surface area contributed by atoms with E-state index in [0.717, 1.165) is 25.2 Å². The summed E-state index contributed by atoms with van der Waals surface area (Å²) in [5.74, 6) is 0. The SMILES string of the molecule is CC1(C)CCN(c2ccc([N+](=O)[O-])cc2CO)C1. The van der Waals surface area contributed by atoms with Crippen molar-refractivity contribution in [3.63, 3.8) is 0 Å². The largest absolute Gasteiger partial charge is 0.392 e. The van der Waals surface area contributed by atoms with Gasteiger partial charge in [0.05, 0.1) is 11.5 Å². The second kappa shape index (κ2) is 4.57. The molecule has 1 aliphatic heterocycles. The van der Waals surface area contributed by atoms with E-state index in [4.69, 9.17) is 0 Å². The van der Waals surface area contributed by atoms with Crippen LogP contribution in [0.5, 0.6) is 0 Å². The first-order chi connectivity index (χ1) is 8.43. The Kier molecular flexibility index (Phi) is 3.26. The molecule has 5 nitrogen and oxygen atoms in total. The average Bonchev–Trinajstić information content (AvgIpc) is 2.68. The molecule has 0 saturated carbocycles. The molecule has 18 heavy (non-hydrogen) atoms. The third kappa shape index (κ3) is 2.46. The molecular formula is C13H18N2O3. The lowest BCUT2D eigenvalue weighted by Crippen LogP contribution is -2.23. The Bertz CT molecular complexity index is 471. The summed E-state index contributed by atoms with van der Waals surface area (Å²) in [7, 11) is 0.